The van der Waals surface area contributed by atoms with E-state index < -0.39 is 0 Å². The van der Waals surface area contributed by atoms with Crippen molar-refractivity contribution in [2.75, 3.05) is 20.2 Å². The summed E-state index contributed by atoms with van der Waals surface area (Å²) in [5.74, 6) is -0.114. The van der Waals surface area contributed by atoms with E-state index in [1.165, 1.54) is 23.1 Å². The highest BCUT2D eigenvalue weighted by Gasteiger charge is 2.24. The summed E-state index contributed by atoms with van der Waals surface area (Å²) in [6.45, 7) is 4.94. The molecule has 0 aliphatic carbocycles. The van der Waals surface area contributed by atoms with Crippen LogP contribution in [0, 0.1) is 5.92 Å². The van der Waals surface area contributed by atoms with Gasteiger partial charge in [-0.3, -0.25) is 4.79 Å². The third-order valence-corrected chi connectivity index (χ3v) is 3.51. The fourth-order valence-electron chi connectivity index (χ4n) is 2.53. The molecule has 2 atom stereocenters. The van der Waals surface area contributed by atoms with Gasteiger partial charge in [-0.25, -0.2) is 0 Å². The number of ether oxygens (including phenoxy) is 1. The topological polar surface area (TPSA) is 30.7 Å². The lowest BCUT2D eigenvalue weighted by molar-refractivity contribution is -0.918. The van der Waals surface area contributed by atoms with Crippen LogP contribution >= 0.6 is 0 Å². The molecule has 17 heavy (non-hydrogen) atoms. The van der Waals surface area contributed by atoms with Gasteiger partial charge in [-0.05, 0) is 12.5 Å². The van der Waals surface area contributed by atoms with Gasteiger partial charge in [0.15, 0.2) is 0 Å². The SMILES string of the molecule is COC(=O)[C@H](C)C[NH+]1CCc2ccccc2C1. The first-order chi connectivity index (χ1) is 8.20. The maximum absolute atomic E-state index is 11.4. The van der Waals surface area contributed by atoms with Crippen molar-refractivity contribution in [3.63, 3.8) is 0 Å². The molecule has 0 amide bonds. The van der Waals surface area contributed by atoms with Crippen LogP contribution in [0.4, 0.5) is 0 Å². The maximum atomic E-state index is 11.4. The summed E-state index contributed by atoms with van der Waals surface area (Å²) in [6.07, 6.45) is 1.11. The van der Waals surface area contributed by atoms with Crippen LogP contribution in [0.5, 0.6) is 0 Å². The Kier molecular flexibility index (Phi) is 3.79. The zero-order chi connectivity index (χ0) is 12.3. The molecule has 1 N–H and O–H groups in total. The Morgan fingerprint density at radius 3 is 2.82 bits per heavy atom. The minimum atomic E-state index is -0.101. The van der Waals surface area contributed by atoms with Gasteiger partial charge >= 0.3 is 5.97 Å². The number of fused-ring (bicyclic) bond motifs is 1. The summed E-state index contributed by atoms with van der Waals surface area (Å²) >= 11 is 0. The summed E-state index contributed by atoms with van der Waals surface area (Å²) in [6, 6.07) is 8.58. The molecule has 0 bridgehead atoms. The number of benzene rings is 1. The second-order valence-electron chi connectivity index (χ2n) is 4.82. The Bertz CT molecular complexity index is 403. The third-order valence-electron chi connectivity index (χ3n) is 3.51. The maximum Gasteiger partial charge on any atom is 0.314 e. The first kappa shape index (κ1) is 12.1. The number of rotatable bonds is 3. The Morgan fingerprint density at radius 1 is 1.41 bits per heavy atom. The number of esters is 1. The fourth-order valence-corrected chi connectivity index (χ4v) is 2.53. The summed E-state index contributed by atoms with van der Waals surface area (Å²) < 4.78 is 4.77. The highest BCUT2D eigenvalue weighted by molar-refractivity contribution is 5.71. The van der Waals surface area contributed by atoms with Crippen molar-refractivity contribution in [3.8, 4) is 0 Å². The Hall–Kier alpha value is -1.35. The summed E-state index contributed by atoms with van der Waals surface area (Å²) in [4.78, 5) is 12.9. The quantitative estimate of drug-likeness (QED) is 0.769. The van der Waals surface area contributed by atoms with E-state index >= 15 is 0 Å². The Balaban J connectivity index is 1.96. The lowest BCUT2D eigenvalue weighted by Crippen LogP contribution is -3.12. The molecular formula is C14H20NO2+. The van der Waals surface area contributed by atoms with Crippen molar-refractivity contribution >= 4 is 5.97 Å². The van der Waals surface area contributed by atoms with Gasteiger partial charge in [0, 0.05) is 12.0 Å². The molecule has 1 aromatic rings. The number of hydrogen-bond donors (Lipinski definition) is 1. The molecule has 0 saturated carbocycles. The number of hydrogen-bond acceptors (Lipinski definition) is 2. The smallest absolute Gasteiger partial charge is 0.314 e. The predicted molar refractivity (Wildman–Crippen MR) is 65.7 cm³/mol. The molecule has 0 aromatic heterocycles. The molecule has 0 spiro atoms. The fraction of sp³-hybridized carbons (Fsp3) is 0.500. The van der Waals surface area contributed by atoms with E-state index in [2.05, 4.69) is 24.3 Å². The van der Waals surface area contributed by atoms with Gasteiger partial charge in [0.2, 0.25) is 0 Å². The second-order valence-corrected chi connectivity index (χ2v) is 4.82. The minimum absolute atomic E-state index is 0.0136. The summed E-state index contributed by atoms with van der Waals surface area (Å²) in [5.41, 5.74) is 2.88. The number of nitrogens with one attached hydrogen (secondary N) is 1. The molecule has 0 fully saturated rings. The first-order valence-electron chi connectivity index (χ1n) is 6.19. The third kappa shape index (κ3) is 2.86. The summed E-state index contributed by atoms with van der Waals surface area (Å²) in [7, 11) is 1.46. The number of carbonyl (C=O) groups is 1. The molecule has 1 aliphatic rings. The standard InChI is InChI=1S/C14H19NO2/c1-11(14(16)17-2)9-15-8-7-12-5-3-4-6-13(12)10-15/h3-6,11H,7-10H2,1-2H3/p+1/t11-/m1/s1. The van der Waals surface area contributed by atoms with Crippen molar-refractivity contribution in [1.82, 2.24) is 0 Å². The van der Waals surface area contributed by atoms with E-state index in [0.29, 0.717) is 0 Å². The molecule has 0 saturated heterocycles. The molecule has 1 aromatic carbocycles. The average Bonchev–Trinajstić information content (AvgIpc) is 2.37. The van der Waals surface area contributed by atoms with Gasteiger partial charge in [0.05, 0.1) is 20.2 Å². The normalized spacial score (nSPS) is 20.5. The molecule has 1 aliphatic heterocycles. The lowest BCUT2D eigenvalue weighted by atomic mass is 9.99. The number of methoxy groups -OCH3 is 1. The van der Waals surface area contributed by atoms with Gasteiger partial charge in [-0.2, -0.15) is 0 Å². The van der Waals surface area contributed by atoms with Crippen LogP contribution in [0.15, 0.2) is 24.3 Å². The highest BCUT2D eigenvalue weighted by atomic mass is 16.5. The van der Waals surface area contributed by atoms with Gasteiger partial charge in [0.1, 0.15) is 12.5 Å². The van der Waals surface area contributed by atoms with E-state index in [0.717, 1.165) is 26.1 Å². The van der Waals surface area contributed by atoms with E-state index in [1.54, 1.807) is 0 Å². The highest BCUT2D eigenvalue weighted by Crippen LogP contribution is 2.10. The zero-order valence-electron chi connectivity index (χ0n) is 10.5. The van der Waals surface area contributed by atoms with Crippen LogP contribution in [-0.2, 0) is 22.5 Å². The van der Waals surface area contributed by atoms with E-state index in [9.17, 15) is 4.79 Å². The van der Waals surface area contributed by atoms with Crippen molar-refractivity contribution < 1.29 is 14.4 Å². The Morgan fingerprint density at radius 2 is 2.12 bits per heavy atom. The van der Waals surface area contributed by atoms with Gasteiger partial charge in [0.25, 0.3) is 0 Å². The van der Waals surface area contributed by atoms with E-state index in [1.807, 2.05) is 6.92 Å². The number of carbonyl (C=O) groups excluding carboxylic acids is 1. The predicted octanol–water partition coefficient (Wildman–Crippen LogP) is 0.437. The van der Waals surface area contributed by atoms with E-state index in [-0.39, 0.29) is 11.9 Å². The Labute approximate surface area is 102 Å². The first-order valence-corrected chi connectivity index (χ1v) is 6.19. The molecule has 3 heteroatoms. The van der Waals surface area contributed by atoms with Crippen LogP contribution in [0.25, 0.3) is 0 Å². The molecule has 1 unspecified atom stereocenters. The van der Waals surface area contributed by atoms with Crippen molar-refractivity contribution in [2.24, 2.45) is 5.92 Å². The van der Waals surface area contributed by atoms with Crippen molar-refractivity contribution in [1.29, 1.82) is 0 Å². The molecule has 1 heterocycles. The summed E-state index contributed by atoms with van der Waals surface area (Å²) in [5, 5.41) is 0. The molecule has 92 valence electrons. The largest absolute Gasteiger partial charge is 0.469 e. The molecule has 0 radical (unpaired) electrons. The van der Waals surface area contributed by atoms with Crippen LogP contribution in [-0.4, -0.2) is 26.2 Å². The lowest BCUT2D eigenvalue weighted by Gasteiger charge is -2.27. The van der Waals surface area contributed by atoms with Crippen molar-refractivity contribution in [3.05, 3.63) is 35.4 Å². The number of quaternary nitrogens is 1. The molecule has 2 rings (SSSR count). The average molecular weight is 234 g/mol. The minimum Gasteiger partial charge on any atom is -0.469 e. The van der Waals surface area contributed by atoms with Crippen LogP contribution in [0.1, 0.15) is 18.1 Å². The van der Waals surface area contributed by atoms with Crippen LogP contribution < -0.4 is 4.90 Å². The molecular weight excluding hydrogens is 214 g/mol. The van der Waals surface area contributed by atoms with Crippen LogP contribution in [0.2, 0.25) is 0 Å². The van der Waals surface area contributed by atoms with Gasteiger partial charge in [-0.1, -0.05) is 24.3 Å². The van der Waals surface area contributed by atoms with Crippen molar-refractivity contribution in [2.45, 2.75) is 19.9 Å². The van der Waals surface area contributed by atoms with Gasteiger partial charge < -0.3 is 9.64 Å². The second kappa shape index (κ2) is 5.32. The molecule has 3 nitrogen and oxygen atoms in total. The van der Waals surface area contributed by atoms with E-state index in [4.69, 9.17) is 4.74 Å². The monoisotopic (exact) mass is 234 g/mol. The van der Waals surface area contributed by atoms with Gasteiger partial charge in [-0.15, -0.1) is 0 Å². The van der Waals surface area contributed by atoms with Crippen LogP contribution in [0.3, 0.4) is 0 Å². The zero-order valence-corrected chi connectivity index (χ0v) is 10.5.